The maximum atomic E-state index is 12.2. The minimum absolute atomic E-state index is 0.264. The molecular weight excluding hydrogens is 253 g/mol. The highest BCUT2D eigenvalue weighted by Crippen LogP contribution is 2.27. The fraction of sp³-hybridized carbons (Fsp3) is 0.800. The van der Waals surface area contributed by atoms with Crippen molar-refractivity contribution in [1.29, 1.82) is 0 Å². The molecule has 1 amide bonds. The number of nitrogens with zero attached hydrogens (tertiary/aromatic N) is 1. The van der Waals surface area contributed by atoms with Gasteiger partial charge in [0.15, 0.2) is 0 Å². The number of alkyl halides is 3. The lowest BCUT2D eigenvalue weighted by molar-refractivity contribution is -0.165. The molecule has 5 nitrogen and oxygen atoms in total. The third-order valence-electron chi connectivity index (χ3n) is 2.46. The summed E-state index contributed by atoms with van der Waals surface area (Å²) in [5.74, 6) is -1.82. The third-order valence-corrected chi connectivity index (χ3v) is 2.46. The molecule has 18 heavy (non-hydrogen) atoms. The number of rotatable bonds is 7. The first-order chi connectivity index (χ1) is 8.28. The molecule has 1 rings (SSSR count). The van der Waals surface area contributed by atoms with Crippen LogP contribution in [0.2, 0.25) is 0 Å². The second kappa shape index (κ2) is 6.03. The van der Waals surface area contributed by atoms with Crippen LogP contribution in [-0.2, 0) is 9.59 Å². The van der Waals surface area contributed by atoms with Crippen LogP contribution in [0.1, 0.15) is 12.8 Å². The number of hydrogen-bond acceptors (Lipinski definition) is 3. The van der Waals surface area contributed by atoms with Gasteiger partial charge in [-0.1, -0.05) is 0 Å². The number of carbonyl (C=O) groups excluding carboxylic acids is 1. The van der Waals surface area contributed by atoms with Gasteiger partial charge in [-0.25, -0.2) is 0 Å². The Morgan fingerprint density at radius 2 is 1.94 bits per heavy atom. The molecule has 1 fully saturated rings. The molecule has 0 radical (unpaired) electrons. The largest absolute Gasteiger partial charge is 0.480 e. The van der Waals surface area contributed by atoms with Crippen molar-refractivity contribution in [2.24, 2.45) is 5.92 Å². The maximum Gasteiger partial charge on any atom is 0.406 e. The van der Waals surface area contributed by atoms with Gasteiger partial charge in [-0.2, -0.15) is 13.2 Å². The molecule has 1 aliphatic rings. The SMILES string of the molecule is O=C(O)CN(CC(F)(F)F)C(=O)CNCC1CC1. The molecule has 0 heterocycles. The van der Waals surface area contributed by atoms with Crippen LogP contribution in [0, 0.1) is 5.92 Å². The van der Waals surface area contributed by atoms with Gasteiger partial charge in [-0.05, 0) is 25.3 Å². The molecule has 1 aliphatic carbocycles. The molecule has 2 N–H and O–H groups in total. The van der Waals surface area contributed by atoms with Gasteiger partial charge in [-0.15, -0.1) is 0 Å². The molecule has 0 unspecified atom stereocenters. The molecule has 8 heteroatoms. The van der Waals surface area contributed by atoms with Gasteiger partial charge in [0.1, 0.15) is 13.1 Å². The highest BCUT2D eigenvalue weighted by Gasteiger charge is 2.33. The zero-order valence-corrected chi connectivity index (χ0v) is 9.66. The Kier molecular flexibility index (Phi) is 4.94. The first-order valence-corrected chi connectivity index (χ1v) is 5.55. The van der Waals surface area contributed by atoms with Gasteiger partial charge in [0.05, 0.1) is 6.54 Å². The molecule has 0 aromatic rings. The number of amides is 1. The summed E-state index contributed by atoms with van der Waals surface area (Å²) in [4.78, 5) is 22.2. The highest BCUT2D eigenvalue weighted by atomic mass is 19.4. The highest BCUT2D eigenvalue weighted by molar-refractivity contribution is 5.82. The number of halogens is 3. The fourth-order valence-electron chi connectivity index (χ4n) is 1.43. The van der Waals surface area contributed by atoms with Crippen molar-refractivity contribution >= 4 is 11.9 Å². The van der Waals surface area contributed by atoms with E-state index in [2.05, 4.69) is 5.32 Å². The molecule has 0 saturated heterocycles. The molecule has 0 aromatic heterocycles. The molecular formula is C10H15F3N2O3. The number of nitrogens with one attached hydrogen (secondary N) is 1. The third kappa shape index (κ3) is 6.43. The Morgan fingerprint density at radius 3 is 2.39 bits per heavy atom. The molecule has 0 aromatic carbocycles. The molecule has 104 valence electrons. The van der Waals surface area contributed by atoms with Crippen LogP contribution in [-0.4, -0.2) is 54.2 Å². The summed E-state index contributed by atoms with van der Waals surface area (Å²) in [7, 11) is 0. The smallest absolute Gasteiger partial charge is 0.406 e. The Hall–Kier alpha value is -1.31. The second-order valence-electron chi connectivity index (χ2n) is 4.33. The fourth-order valence-corrected chi connectivity index (χ4v) is 1.43. The van der Waals surface area contributed by atoms with Crippen LogP contribution in [0.3, 0.4) is 0 Å². The number of carbonyl (C=O) groups is 2. The average Bonchev–Trinajstić information content (AvgIpc) is 2.97. The first kappa shape index (κ1) is 14.7. The second-order valence-corrected chi connectivity index (χ2v) is 4.33. The normalized spacial score (nSPS) is 15.5. The van der Waals surface area contributed by atoms with Crippen molar-refractivity contribution in [1.82, 2.24) is 10.2 Å². The summed E-state index contributed by atoms with van der Waals surface area (Å²) in [6.45, 7) is -2.16. The lowest BCUT2D eigenvalue weighted by Crippen LogP contribution is -2.45. The van der Waals surface area contributed by atoms with E-state index in [4.69, 9.17) is 5.11 Å². The standard InChI is InChI=1S/C10H15F3N2O3/c11-10(12,13)6-15(5-9(17)18)8(16)4-14-3-7-1-2-7/h7,14H,1-6H2,(H,17,18). The van der Waals surface area contributed by atoms with Crippen LogP contribution < -0.4 is 5.32 Å². The minimum Gasteiger partial charge on any atom is -0.480 e. The van der Waals surface area contributed by atoms with Crippen LogP contribution in [0.4, 0.5) is 13.2 Å². The van der Waals surface area contributed by atoms with Crippen molar-refractivity contribution in [3.63, 3.8) is 0 Å². The number of carboxylic acids is 1. The predicted octanol–water partition coefficient (Wildman–Crippen LogP) is 0.461. The predicted molar refractivity (Wildman–Crippen MR) is 55.9 cm³/mol. The summed E-state index contributed by atoms with van der Waals surface area (Å²) < 4.78 is 36.5. The monoisotopic (exact) mass is 268 g/mol. The summed E-state index contributed by atoms with van der Waals surface area (Å²) in [6.07, 6.45) is -2.48. The van der Waals surface area contributed by atoms with E-state index in [1.54, 1.807) is 0 Å². The summed E-state index contributed by atoms with van der Waals surface area (Å²) in [6, 6.07) is 0. The maximum absolute atomic E-state index is 12.2. The minimum atomic E-state index is -4.60. The van der Waals surface area contributed by atoms with Gasteiger partial charge < -0.3 is 15.3 Å². The van der Waals surface area contributed by atoms with E-state index in [-0.39, 0.29) is 6.54 Å². The van der Waals surface area contributed by atoms with Crippen molar-refractivity contribution < 1.29 is 27.9 Å². The Morgan fingerprint density at radius 1 is 1.33 bits per heavy atom. The number of carboxylic acid groups (broad SMARTS) is 1. The molecule has 0 atom stereocenters. The zero-order chi connectivity index (χ0) is 13.8. The Bertz CT molecular complexity index is 316. The Labute approximate surface area is 102 Å². The van der Waals surface area contributed by atoms with Gasteiger partial charge in [-0.3, -0.25) is 9.59 Å². The van der Waals surface area contributed by atoms with Gasteiger partial charge in [0.25, 0.3) is 0 Å². The average molecular weight is 268 g/mol. The van der Waals surface area contributed by atoms with Gasteiger partial charge in [0, 0.05) is 0 Å². The van der Waals surface area contributed by atoms with Crippen LogP contribution >= 0.6 is 0 Å². The van der Waals surface area contributed by atoms with E-state index in [0.29, 0.717) is 17.4 Å². The van der Waals surface area contributed by atoms with Gasteiger partial charge >= 0.3 is 12.1 Å². The zero-order valence-electron chi connectivity index (χ0n) is 9.66. The van der Waals surface area contributed by atoms with Crippen LogP contribution in [0.15, 0.2) is 0 Å². The van der Waals surface area contributed by atoms with E-state index in [1.165, 1.54) is 0 Å². The van der Waals surface area contributed by atoms with E-state index in [1.807, 2.05) is 0 Å². The number of hydrogen-bond donors (Lipinski definition) is 2. The van der Waals surface area contributed by atoms with Crippen molar-refractivity contribution in [2.75, 3.05) is 26.2 Å². The van der Waals surface area contributed by atoms with Gasteiger partial charge in [0.2, 0.25) is 5.91 Å². The lowest BCUT2D eigenvalue weighted by Gasteiger charge is -2.22. The Balaban J connectivity index is 2.40. The quantitative estimate of drug-likeness (QED) is 0.704. The lowest BCUT2D eigenvalue weighted by atomic mass is 10.4. The summed E-state index contributed by atoms with van der Waals surface area (Å²) in [5, 5.41) is 11.2. The molecule has 1 saturated carbocycles. The number of aliphatic carboxylic acids is 1. The van der Waals surface area contributed by atoms with E-state index in [0.717, 1.165) is 12.8 Å². The van der Waals surface area contributed by atoms with E-state index >= 15 is 0 Å². The summed E-state index contributed by atoms with van der Waals surface area (Å²) >= 11 is 0. The van der Waals surface area contributed by atoms with E-state index in [9.17, 15) is 22.8 Å². The van der Waals surface area contributed by atoms with E-state index < -0.39 is 31.1 Å². The molecule has 0 bridgehead atoms. The van der Waals surface area contributed by atoms with Crippen LogP contribution in [0.5, 0.6) is 0 Å². The molecule has 0 spiro atoms. The summed E-state index contributed by atoms with van der Waals surface area (Å²) in [5.41, 5.74) is 0. The van der Waals surface area contributed by atoms with Crippen molar-refractivity contribution in [3.05, 3.63) is 0 Å². The topological polar surface area (TPSA) is 69.6 Å². The van der Waals surface area contributed by atoms with Crippen molar-refractivity contribution in [3.8, 4) is 0 Å². The molecule has 0 aliphatic heterocycles. The van der Waals surface area contributed by atoms with Crippen LogP contribution in [0.25, 0.3) is 0 Å². The first-order valence-electron chi connectivity index (χ1n) is 5.55. The van der Waals surface area contributed by atoms with Crippen molar-refractivity contribution in [2.45, 2.75) is 19.0 Å².